The fraction of sp³-hybridized carbons (Fsp3) is 0.412. The Balaban J connectivity index is 1.90. The number of ether oxygens (including phenoxy) is 1. The topological polar surface area (TPSA) is 84.6 Å². The van der Waals surface area contributed by atoms with Gasteiger partial charge >= 0.3 is 0 Å². The average molecular weight is 387 g/mol. The lowest BCUT2D eigenvalue weighted by atomic mass is 10.0. The zero-order valence-electron chi connectivity index (χ0n) is 14.2. The summed E-state index contributed by atoms with van der Waals surface area (Å²) in [4.78, 5) is 12.3. The van der Waals surface area contributed by atoms with Gasteiger partial charge in [0.2, 0.25) is 0 Å². The number of aryl methyl sites for hydroxylation is 1. The maximum atomic E-state index is 12.3. The Morgan fingerprint density at radius 1 is 1.40 bits per heavy atom. The van der Waals surface area contributed by atoms with Crippen LogP contribution in [0.4, 0.5) is 0 Å². The molecule has 2 aromatic rings. The summed E-state index contributed by atoms with van der Waals surface area (Å²) < 4.78 is 10.6. The molecular weight excluding hydrogens is 367 g/mol. The summed E-state index contributed by atoms with van der Waals surface area (Å²) in [7, 11) is 0. The number of nitrogens with zero attached hydrogens (tertiary/aromatic N) is 1. The molecule has 1 aromatic heterocycles. The minimum absolute atomic E-state index is 0.0131. The third-order valence-corrected chi connectivity index (χ3v) is 4.29. The molecule has 1 atom stereocenters. The van der Waals surface area contributed by atoms with Gasteiger partial charge in [0, 0.05) is 12.5 Å². The summed E-state index contributed by atoms with van der Waals surface area (Å²) in [6, 6.07) is 4.98. The predicted octanol–water partition coefficient (Wildman–Crippen LogP) is 3.58. The first-order valence-electron chi connectivity index (χ1n) is 7.80. The van der Waals surface area contributed by atoms with Gasteiger partial charge in [-0.3, -0.25) is 4.79 Å². The molecule has 0 aliphatic heterocycles. The van der Waals surface area contributed by atoms with E-state index >= 15 is 0 Å². The van der Waals surface area contributed by atoms with E-state index < -0.39 is 6.10 Å². The van der Waals surface area contributed by atoms with Crippen LogP contribution in [-0.2, 0) is 0 Å². The SMILES string of the molecule is Cc1noc(C(C)C)c1C(=O)NCC(O)COc1cccc(Cl)c1Cl. The highest BCUT2D eigenvalue weighted by Crippen LogP contribution is 2.31. The number of hydrogen-bond acceptors (Lipinski definition) is 5. The van der Waals surface area contributed by atoms with Gasteiger partial charge in [0.15, 0.2) is 5.76 Å². The number of carbonyl (C=O) groups excluding carboxylic acids is 1. The van der Waals surface area contributed by atoms with Gasteiger partial charge in [-0.1, -0.05) is 48.3 Å². The van der Waals surface area contributed by atoms with Gasteiger partial charge < -0.3 is 19.7 Å². The van der Waals surface area contributed by atoms with Crippen molar-refractivity contribution in [3.05, 3.63) is 45.3 Å². The second kappa shape index (κ2) is 8.56. The van der Waals surface area contributed by atoms with Crippen molar-refractivity contribution in [3.8, 4) is 5.75 Å². The first-order chi connectivity index (χ1) is 11.8. The average Bonchev–Trinajstić information content (AvgIpc) is 2.96. The van der Waals surface area contributed by atoms with Crippen LogP contribution in [0, 0.1) is 6.92 Å². The molecule has 1 unspecified atom stereocenters. The molecule has 0 aliphatic carbocycles. The minimum atomic E-state index is -0.915. The molecule has 1 amide bonds. The van der Waals surface area contributed by atoms with Crippen molar-refractivity contribution in [2.24, 2.45) is 0 Å². The third kappa shape index (κ3) is 4.87. The molecule has 25 heavy (non-hydrogen) atoms. The molecular formula is C17H20Cl2N2O4. The fourth-order valence-electron chi connectivity index (χ4n) is 2.20. The van der Waals surface area contributed by atoms with Gasteiger partial charge in [-0.2, -0.15) is 0 Å². The van der Waals surface area contributed by atoms with Crippen LogP contribution in [0.1, 0.15) is 41.6 Å². The standard InChI is InChI=1S/C17H20Cl2N2O4/c1-9(2)16-14(10(3)21-25-16)17(23)20-7-11(22)8-24-13-6-4-5-12(18)15(13)19/h4-6,9,11,22H,7-8H2,1-3H3,(H,20,23). The third-order valence-electron chi connectivity index (χ3n) is 3.49. The van der Waals surface area contributed by atoms with Crippen LogP contribution in [0.5, 0.6) is 5.75 Å². The van der Waals surface area contributed by atoms with Crippen molar-refractivity contribution in [3.63, 3.8) is 0 Å². The van der Waals surface area contributed by atoms with Crippen molar-refractivity contribution in [2.45, 2.75) is 32.8 Å². The van der Waals surface area contributed by atoms with E-state index in [1.165, 1.54) is 0 Å². The fourth-order valence-corrected chi connectivity index (χ4v) is 2.54. The lowest BCUT2D eigenvalue weighted by Crippen LogP contribution is -2.35. The van der Waals surface area contributed by atoms with Gasteiger partial charge in [-0.15, -0.1) is 0 Å². The molecule has 0 bridgehead atoms. The summed E-state index contributed by atoms with van der Waals surface area (Å²) in [5.74, 6) is 0.574. The first-order valence-corrected chi connectivity index (χ1v) is 8.56. The molecule has 136 valence electrons. The molecule has 0 saturated carbocycles. The van der Waals surface area contributed by atoms with E-state index in [0.717, 1.165) is 0 Å². The lowest BCUT2D eigenvalue weighted by molar-refractivity contribution is 0.0841. The van der Waals surface area contributed by atoms with E-state index in [4.69, 9.17) is 32.5 Å². The molecule has 2 rings (SSSR count). The number of aliphatic hydroxyl groups excluding tert-OH is 1. The minimum Gasteiger partial charge on any atom is -0.489 e. The molecule has 1 heterocycles. The van der Waals surface area contributed by atoms with Crippen molar-refractivity contribution < 1.29 is 19.2 Å². The number of aliphatic hydroxyl groups is 1. The summed E-state index contributed by atoms with van der Waals surface area (Å²) in [5.41, 5.74) is 0.915. The zero-order chi connectivity index (χ0) is 18.6. The molecule has 0 saturated heterocycles. The van der Waals surface area contributed by atoms with E-state index in [0.29, 0.717) is 27.8 Å². The van der Waals surface area contributed by atoms with Crippen LogP contribution in [0.2, 0.25) is 10.0 Å². The monoisotopic (exact) mass is 386 g/mol. The van der Waals surface area contributed by atoms with Gasteiger partial charge in [-0.05, 0) is 19.1 Å². The number of nitrogens with one attached hydrogen (secondary N) is 1. The second-order valence-electron chi connectivity index (χ2n) is 5.89. The van der Waals surface area contributed by atoms with Gasteiger partial charge in [-0.25, -0.2) is 0 Å². The summed E-state index contributed by atoms with van der Waals surface area (Å²) in [6.07, 6.45) is -0.915. The van der Waals surface area contributed by atoms with Crippen LogP contribution in [0.3, 0.4) is 0 Å². The zero-order valence-corrected chi connectivity index (χ0v) is 15.7. The molecule has 2 N–H and O–H groups in total. The Hall–Kier alpha value is -1.76. The highest BCUT2D eigenvalue weighted by molar-refractivity contribution is 6.42. The molecule has 0 spiro atoms. The van der Waals surface area contributed by atoms with Crippen LogP contribution in [0.15, 0.2) is 22.7 Å². The van der Waals surface area contributed by atoms with Gasteiger partial charge in [0.05, 0.1) is 10.7 Å². The number of aromatic nitrogens is 1. The Morgan fingerprint density at radius 3 is 2.80 bits per heavy atom. The van der Waals surface area contributed by atoms with E-state index in [2.05, 4.69) is 10.5 Å². The Morgan fingerprint density at radius 2 is 2.12 bits per heavy atom. The van der Waals surface area contributed by atoms with Crippen LogP contribution < -0.4 is 10.1 Å². The van der Waals surface area contributed by atoms with Crippen molar-refractivity contribution in [1.82, 2.24) is 10.5 Å². The Kier molecular flexibility index (Phi) is 6.70. The van der Waals surface area contributed by atoms with E-state index in [1.807, 2.05) is 13.8 Å². The van der Waals surface area contributed by atoms with E-state index in [9.17, 15) is 9.90 Å². The van der Waals surface area contributed by atoms with Gasteiger partial charge in [0.1, 0.15) is 29.0 Å². The van der Waals surface area contributed by atoms with E-state index in [1.54, 1.807) is 25.1 Å². The molecule has 0 fully saturated rings. The largest absolute Gasteiger partial charge is 0.489 e. The van der Waals surface area contributed by atoms with E-state index in [-0.39, 0.29) is 30.0 Å². The highest BCUT2D eigenvalue weighted by Gasteiger charge is 2.23. The van der Waals surface area contributed by atoms with Crippen molar-refractivity contribution >= 4 is 29.1 Å². The number of halogens is 2. The molecule has 0 radical (unpaired) electrons. The molecule has 6 nitrogen and oxygen atoms in total. The number of rotatable bonds is 7. The number of hydrogen-bond donors (Lipinski definition) is 2. The smallest absolute Gasteiger partial charge is 0.256 e. The number of amides is 1. The van der Waals surface area contributed by atoms with Crippen molar-refractivity contribution in [1.29, 1.82) is 0 Å². The van der Waals surface area contributed by atoms with Gasteiger partial charge in [0.25, 0.3) is 5.91 Å². The number of benzene rings is 1. The molecule has 0 aliphatic rings. The Labute approximate surface area is 156 Å². The molecule has 1 aromatic carbocycles. The quantitative estimate of drug-likeness (QED) is 0.759. The summed E-state index contributed by atoms with van der Waals surface area (Å²) in [5, 5.41) is 17.1. The normalized spacial score (nSPS) is 12.3. The second-order valence-corrected chi connectivity index (χ2v) is 6.67. The Bertz CT molecular complexity index is 746. The highest BCUT2D eigenvalue weighted by atomic mass is 35.5. The number of carbonyl (C=O) groups is 1. The van der Waals surface area contributed by atoms with Crippen LogP contribution in [-0.4, -0.2) is 35.4 Å². The maximum absolute atomic E-state index is 12.3. The maximum Gasteiger partial charge on any atom is 0.256 e. The first kappa shape index (κ1) is 19.6. The summed E-state index contributed by atoms with van der Waals surface area (Å²) >= 11 is 11.9. The molecule has 8 heteroatoms. The summed E-state index contributed by atoms with van der Waals surface area (Å²) in [6.45, 7) is 5.49. The predicted molar refractivity (Wildman–Crippen MR) is 95.6 cm³/mol. The van der Waals surface area contributed by atoms with Crippen molar-refractivity contribution in [2.75, 3.05) is 13.2 Å². The lowest BCUT2D eigenvalue weighted by Gasteiger charge is -2.14. The van der Waals surface area contributed by atoms with Crippen LogP contribution in [0.25, 0.3) is 0 Å². The van der Waals surface area contributed by atoms with Crippen LogP contribution >= 0.6 is 23.2 Å².